The third kappa shape index (κ3) is 7.73. The van der Waals surface area contributed by atoms with Gasteiger partial charge in [-0.15, -0.1) is 0 Å². The van der Waals surface area contributed by atoms with Crippen LogP contribution in [0.1, 0.15) is 91.4 Å². The molecule has 0 saturated carbocycles. The van der Waals surface area contributed by atoms with Crippen LogP contribution in [0, 0.1) is 5.41 Å². The average Bonchev–Trinajstić information content (AvgIpc) is 2.33. The molecule has 0 saturated heterocycles. The van der Waals surface area contributed by atoms with E-state index in [0.29, 0.717) is 0 Å². The van der Waals surface area contributed by atoms with Gasteiger partial charge in [-0.2, -0.15) is 0 Å². The van der Waals surface area contributed by atoms with Crippen LogP contribution in [0.5, 0.6) is 0 Å². The number of hydrogen-bond acceptors (Lipinski definition) is 1. The van der Waals surface area contributed by atoms with E-state index in [0.717, 1.165) is 25.7 Å². The summed E-state index contributed by atoms with van der Waals surface area (Å²) in [4.78, 5) is 11.2. The number of carboxylic acids is 1. The monoisotopic (exact) mass is 256 g/mol. The predicted molar refractivity (Wildman–Crippen MR) is 77.9 cm³/mol. The van der Waals surface area contributed by atoms with Crippen molar-refractivity contribution in [1.82, 2.24) is 0 Å². The molecule has 0 aliphatic rings. The first-order valence-corrected chi connectivity index (χ1v) is 7.80. The van der Waals surface area contributed by atoms with Gasteiger partial charge in [0.25, 0.3) is 0 Å². The van der Waals surface area contributed by atoms with Crippen molar-refractivity contribution in [3.63, 3.8) is 0 Å². The van der Waals surface area contributed by atoms with Crippen LogP contribution in [0.15, 0.2) is 0 Å². The Morgan fingerprint density at radius 3 is 1.78 bits per heavy atom. The number of rotatable bonds is 12. The maximum atomic E-state index is 11.2. The number of unbranched alkanes of at least 4 members (excludes halogenated alkanes) is 7. The largest absolute Gasteiger partial charge is 0.481 e. The first-order valence-electron chi connectivity index (χ1n) is 7.80. The highest BCUT2D eigenvalue weighted by molar-refractivity contribution is 5.73. The summed E-state index contributed by atoms with van der Waals surface area (Å²) in [6.45, 7) is 6.20. The minimum Gasteiger partial charge on any atom is -0.481 e. The lowest BCUT2D eigenvalue weighted by atomic mass is 9.80. The van der Waals surface area contributed by atoms with E-state index in [1.54, 1.807) is 0 Å². The Morgan fingerprint density at radius 2 is 1.33 bits per heavy atom. The predicted octanol–water partition coefficient (Wildman–Crippen LogP) is 5.41. The highest BCUT2D eigenvalue weighted by atomic mass is 16.4. The number of hydrogen-bond donors (Lipinski definition) is 1. The minimum absolute atomic E-state index is 0.489. The topological polar surface area (TPSA) is 37.3 Å². The van der Waals surface area contributed by atoms with Crippen molar-refractivity contribution in [2.24, 2.45) is 5.41 Å². The molecule has 1 atom stereocenters. The lowest BCUT2D eigenvalue weighted by molar-refractivity contribution is -0.148. The molecular weight excluding hydrogens is 224 g/mol. The van der Waals surface area contributed by atoms with Crippen LogP contribution in [0.3, 0.4) is 0 Å². The molecule has 0 fully saturated rings. The zero-order valence-electron chi connectivity index (χ0n) is 12.6. The van der Waals surface area contributed by atoms with Crippen molar-refractivity contribution in [2.75, 3.05) is 0 Å². The van der Waals surface area contributed by atoms with Crippen molar-refractivity contribution in [3.05, 3.63) is 0 Å². The van der Waals surface area contributed by atoms with Crippen molar-refractivity contribution in [3.8, 4) is 0 Å². The number of carbonyl (C=O) groups is 1. The van der Waals surface area contributed by atoms with Crippen LogP contribution in [0.25, 0.3) is 0 Å². The molecule has 0 radical (unpaired) electrons. The second-order valence-corrected chi connectivity index (χ2v) is 5.84. The summed E-state index contributed by atoms with van der Waals surface area (Å²) in [7, 11) is 0. The Morgan fingerprint density at radius 1 is 0.833 bits per heavy atom. The van der Waals surface area contributed by atoms with E-state index in [4.69, 9.17) is 0 Å². The molecule has 0 aromatic rings. The summed E-state index contributed by atoms with van der Waals surface area (Å²) in [6.07, 6.45) is 12.8. The Bertz CT molecular complexity index is 213. The summed E-state index contributed by atoms with van der Waals surface area (Å²) >= 11 is 0. The summed E-state index contributed by atoms with van der Waals surface area (Å²) < 4.78 is 0. The highest BCUT2D eigenvalue weighted by Crippen LogP contribution is 2.30. The molecule has 0 rings (SSSR count). The van der Waals surface area contributed by atoms with E-state index >= 15 is 0 Å². The molecule has 0 amide bonds. The molecule has 0 heterocycles. The van der Waals surface area contributed by atoms with Gasteiger partial charge in [0.2, 0.25) is 0 Å². The fraction of sp³-hybridized carbons (Fsp3) is 0.938. The van der Waals surface area contributed by atoms with E-state index < -0.39 is 11.4 Å². The molecule has 1 unspecified atom stereocenters. The molecular formula is C16H32O2. The first-order chi connectivity index (χ1) is 8.56. The van der Waals surface area contributed by atoms with E-state index in [1.807, 2.05) is 6.92 Å². The van der Waals surface area contributed by atoms with Gasteiger partial charge < -0.3 is 5.11 Å². The van der Waals surface area contributed by atoms with Crippen LogP contribution in [-0.2, 0) is 4.79 Å². The Hall–Kier alpha value is -0.530. The molecule has 0 spiro atoms. The SMILES string of the molecule is CCCCCCCCCCC(C)(CCC)C(=O)O. The van der Waals surface area contributed by atoms with Crippen molar-refractivity contribution in [2.45, 2.75) is 91.4 Å². The number of aliphatic carboxylic acids is 1. The summed E-state index contributed by atoms with van der Waals surface area (Å²) in [5.74, 6) is -0.618. The van der Waals surface area contributed by atoms with Gasteiger partial charge in [0.05, 0.1) is 5.41 Å². The normalized spacial score (nSPS) is 14.4. The highest BCUT2D eigenvalue weighted by Gasteiger charge is 2.30. The lowest BCUT2D eigenvalue weighted by Gasteiger charge is -2.24. The molecule has 0 aromatic carbocycles. The fourth-order valence-corrected chi connectivity index (χ4v) is 2.54. The van der Waals surface area contributed by atoms with Crippen molar-refractivity contribution < 1.29 is 9.90 Å². The fourth-order valence-electron chi connectivity index (χ4n) is 2.54. The van der Waals surface area contributed by atoms with Gasteiger partial charge in [-0.3, -0.25) is 4.79 Å². The molecule has 0 aliphatic heterocycles. The van der Waals surface area contributed by atoms with Crippen LogP contribution in [0.2, 0.25) is 0 Å². The van der Waals surface area contributed by atoms with E-state index in [1.165, 1.54) is 44.9 Å². The van der Waals surface area contributed by atoms with Gasteiger partial charge in [-0.25, -0.2) is 0 Å². The Labute approximate surface area is 113 Å². The molecule has 108 valence electrons. The maximum absolute atomic E-state index is 11.2. The third-order valence-electron chi connectivity index (χ3n) is 3.90. The van der Waals surface area contributed by atoms with Crippen molar-refractivity contribution >= 4 is 5.97 Å². The molecule has 0 aliphatic carbocycles. The van der Waals surface area contributed by atoms with Gasteiger partial charge in [0.1, 0.15) is 0 Å². The van der Waals surface area contributed by atoms with Crippen LogP contribution >= 0.6 is 0 Å². The minimum atomic E-state index is -0.618. The van der Waals surface area contributed by atoms with Gasteiger partial charge >= 0.3 is 5.97 Å². The zero-order chi connectivity index (χ0) is 13.9. The van der Waals surface area contributed by atoms with Crippen LogP contribution in [-0.4, -0.2) is 11.1 Å². The quantitative estimate of drug-likeness (QED) is 0.474. The average molecular weight is 256 g/mol. The standard InChI is InChI=1S/C16H32O2/c1-4-6-7-8-9-10-11-12-14-16(3,13-5-2)15(17)18/h4-14H2,1-3H3,(H,17,18). The van der Waals surface area contributed by atoms with Crippen LogP contribution in [0.4, 0.5) is 0 Å². The summed E-state index contributed by atoms with van der Waals surface area (Å²) in [5, 5.41) is 9.26. The lowest BCUT2D eigenvalue weighted by Crippen LogP contribution is -2.27. The summed E-state index contributed by atoms with van der Waals surface area (Å²) in [5.41, 5.74) is -0.489. The maximum Gasteiger partial charge on any atom is 0.309 e. The first kappa shape index (κ1) is 17.5. The van der Waals surface area contributed by atoms with E-state index in [-0.39, 0.29) is 0 Å². The Balaban J connectivity index is 3.59. The third-order valence-corrected chi connectivity index (χ3v) is 3.90. The molecule has 0 bridgehead atoms. The van der Waals surface area contributed by atoms with E-state index in [2.05, 4.69) is 13.8 Å². The van der Waals surface area contributed by atoms with Gasteiger partial charge in [0, 0.05) is 0 Å². The van der Waals surface area contributed by atoms with Crippen LogP contribution < -0.4 is 0 Å². The van der Waals surface area contributed by atoms with Gasteiger partial charge in [0.15, 0.2) is 0 Å². The second kappa shape index (κ2) is 10.4. The van der Waals surface area contributed by atoms with Gasteiger partial charge in [-0.1, -0.05) is 71.6 Å². The summed E-state index contributed by atoms with van der Waals surface area (Å²) in [6, 6.07) is 0. The van der Waals surface area contributed by atoms with E-state index in [9.17, 15) is 9.90 Å². The smallest absolute Gasteiger partial charge is 0.309 e. The second-order valence-electron chi connectivity index (χ2n) is 5.84. The molecule has 2 heteroatoms. The van der Waals surface area contributed by atoms with Gasteiger partial charge in [-0.05, 0) is 19.8 Å². The number of carboxylic acid groups (broad SMARTS) is 1. The molecule has 18 heavy (non-hydrogen) atoms. The Kier molecular flexibility index (Phi) is 10.1. The zero-order valence-corrected chi connectivity index (χ0v) is 12.6. The molecule has 2 nitrogen and oxygen atoms in total. The molecule has 0 aromatic heterocycles. The molecule has 1 N–H and O–H groups in total. The van der Waals surface area contributed by atoms with Crippen molar-refractivity contribution in [1.29, 1.82) is 0 Å².